The van der Waals surface area contributed by atoms with Crippen LogP contribution in [0.15, 0.2) is 174 Å². The molecule has 4 heteroatoms. The number of rotatable bonds is 4. The molecule has 11 aromatic rings. The summed E-state index contributed by atoms with van der Waals surface area (Å²) < 4.78 is 11.2. The first-order valence-corrected chi connectivity index (χ1v) is 17.7. The van der Waals surface area contributed by atoms with Gasteiger partial charge in [-0.2, -0.15) is 0 Å². The van der Waals surface area contributed by atoms with Crippen molar-refractivity contribution in [1.29, 1.82) is 0 Å². The maximum atomic E-state index is 6.25. The van der Waals surface area contributed by atoms with Gasteiger partial charge in [0.15, 0.2) is 0 Å². The first-order chi connectivity index (χ1) is 24.8. The molecular formula is C46H28N2OS. The smallest absolute Gasteiger partial charge is 0.136 e. The minimum atomic E-state index is 0.915. The molecule has 3 nitrogen and oxygen atoms in total. The summed E-state index contributed by atoms with van der Waals surface area (Å²) >= 11 is 1.86. The third kappa shape index (κ3) is 3.97. The number of hydrogen-bond acceptors (Lipinski definition) is 3. The van der Waals surface area contributed by atoms with Crippen LogP contribution in [-0.4, -0.2) is 4.57 Å². The summed E-state index contributed by atoms with van der Waals surface area (Å²) in [7, 11) is 0. The number of para-hydroxylation sites is 3. The highest BCUT2D eigenvalue weighted by Crippen LogP contribution is 2.47. The van der Waals surface area contributed by atoms with Crippen molar-refractivity contribution in [1.82, 2.24) is 4.57 Å². The maximum Gasteiger partial charge on any atom is 0.136 e. The second-order valence-corrected chi connectivity index (χ2v) is 14.0. The summed E-state index contributed by atoms with van der Waals surface area (Å²) in [6.07, 6.45) is 0. The van der Waals surface area contributed by atoms with E-state index in [2.05, 4.69) is 167 Å². The molecule has 0 saturated carbocycles. The second kappa shape index (κ2) is 10.6. The quantitative estimate of drug-likeness (QED) is 0.188. The van der Waals surface area contributed by atoms with Crippen LogP contribution >= 0.6 is 11.3 Å². The summed E-state index contributed by atoms with van der Waals surface area (Å²) in [5.41, 5.74) is 8.78. The van der Waals surface area contributed by atoms with Gasteiger partial charge in [-0.05, 0) is 83.6 Å². The molecule has 0 saturated heterocycles. The summed E-state index contributed by atoms with van der Waals surface area (Å²) in [4.78, 5) is 2.45. The fourth-order valence-corrected chi connectivity index (χ4v) is 9.18. The van der Waals surface area contributed by atoms with Gasteiger partial charge < -0.3 is 13.9 Å². The molecule has 8 aromatic carbocycles. The molecule has 0 N–H and O–H groups in total. The zero-order valence-corrected chi connectivity index (χ0v) is 27.7. The molecule has 0 aliphatic heterocycles. The Morgan fingerprint density at radius 1 is 0.460 bits per heavy atom. The predicted molar refractivity (Wildman–Crippen MR) is 213 cm³/mol. The van der Waals surface area contributed by atoms with Crippen LogP contribution in [0.5, 0.6) is 0 Å². The fourth-order valence-electron chi connectivity index (χ4n) is 7.97. The molecule has 0 spiro atoms. The first kappa shape index (κ1) is 27.6. The van der Waals surface area contributed by atoms with E-state index in [1.54, 1.807) is 0 Å². The topological polar surface area (TPSA) is 21.3 Å². The Bertz CT molecular complexity index is 3110. The Kier molecular flexibility index (Phi) is 5.83. The second-order valence-electron chi connectivity index (χ2n) is 12.9. The molecule has 0 unspecified atom stereocenters. The lowest BCUT2D eigenvalue weighted by Gasteiger charge is -2.26. The molecule has 3 heterocycles. The molecule has 0 radical (unpaired) electrons. The van der Waals surface area contributed by atoms with E-state index < -0.39 is 0 Å². The van der Waals surface area contributed by atoms with Crippen LogP contribution in [-0.2, 0) is 0 Å². The standard InChI is InChI=1S/C46H28N2OS/c1-2-11-30(12-3-1)48-39-17-7-4-13-34(39)38-28-32(23-25-40(38)48)47(41-18-10-16-36-35-14-6-9-20-44(35)50-46(36)41)31-22-24-33-29(27-31)21-26-43-45(33)37-15-5-8-19-42(37)49-43/h1-28H. The normalized spacial score (nSPS) is 12.0. The van der Waals surface area contributed by atoms with Crippen molar-refractivity contribution in [2.45, 2.75) is 0 Å². The van der Waals surface area contributed by atoms with Crippen molar-refractivity contribution in [3.05, 3.63) is 170 Å². The van der Waals surface area contributed by atoms with Crippen LogP contribution in [0.3, 0.4) is 0 Å². The molecule has 234 valence electrons. The van der Waals surface area contributed by atoms with Crippen molar-refractivity contribution in [2.24, 2.45) is 0 Å². The van der Waals surface area contributed by atoms with Gasteiger partial charge in [-0.3, -0.25) is 0 Å². The van der Waals surface area contributed by atoms with Crippen molar-refractivity contribution in [2.75, 3.05) is 4.90 Å². The van der Waals surface area contributed by atoms with E-state index in [-0.39, 0.29) is 0 Å². The van der Waals surface area contributed by atoms with Gasteiger partial charge in [0, 0.05) is 54.1 Å². The average Bonchev–Trinajstić information content (AvgIpc) is 3.85. The number of hydrogen-bond donors (Lipinski definition) is 0. The summed E-state index contributed by atoms with van der Waals surface area (Å²) in [6, 6.07) is 61.3. The molecule has 0 bridgehead atoms. The Morgan fingerprint density at radius 3 is 2.10 bits per heavy atom. The monoisotopic (exact) mass is 656 g/mol. The average molecular weight is 657 g/mol. The van der Waals surface area contributed by atoms with E-state index in [9.17, 15) is 0 Å². The number of aromatic nitrogens is 1. The van der Waals surface area contributed by atoms with Gasteiger partial charge in [-0.15, -0.1) is 11.3 Å². The number of furan rings is 1. The minimum absolute atomic E-state index is 0.915. The molecule has 0 atom stereocenters. The van der Waals surface area contributed by atoms with Crippen LogP contribution in [0.2, 0.25) is 0 Å². The van der Waals surface area contributed by atoms with Crippen LogP contribution in [0.4, 0.5) is 17.1 Å². The van der Waals surface area contributed by atoms with Crippen LogP contribution < -0.4 is 4.90 Å². The van der Waals surface area contributed by atoms with Gasteiger partial charge in [0.2, 0.25) is 0 Å². The van der Waals surface area contributed by atoms with E-state index in [0.29, 0.717) is 0 Å². The highest BCUT2D eigenvalue weighted by molar-refractivity contribution is 7.26. The molecule has 0 aliphatic rings. The molecule has 3 aromatic heterocycles. The van der Waals surface area contributed by atoms with Gasteiger partial charge in [0.25, 0.3) is 0 Å². The van der Waals surface area contributed by atoms with E-state index in [1.165, 1.54) is 58.4 Å². The van der Waals surface area contributed by atoms with E-state index >= 15 is 0 Å². The number of thiophene rings is 1. The van der Waals surface area contributed by atoms with Gasteiger partial charge in [-0.1, -0.05) is 97.1 Å². The Hall–Kier alpha value is -6.36. The lowest BCUT2D eigenvalue weighted by atomic mass is 10.0. The first-order valence-electron chi connectivity index (χ1n) is 16.9. The van der Waals surface area contributed by atoms with Crippen molar-refractivity contribution < 1.29 is 4.42 Å². The molecule has 50 heavy (non-hydrogen) atoms. The van der Waals surface area contributed by atoms with E-state index in [0.717, 1.165) is 39.0 Å². The number of benzene rings is 8. The van der Waals surface area contributed by atoms with Crippen molar-refractivity contribution in [3.8, 4) is 5.69 Å². The van der Waals surface area contributed by atoms with Crippen LogP contribution in [0.1, 0.15) is 0 Å². The van der Waals surface area contributed by atoms with E-state index in [1.807, 2.05) is 23.5 Å². The predicted octanol–water partition coefficient (Wildman–Crippen LogP) is 13.7. The Balaban J connectivity index is 1.19. The Labute approximate surface area is 291 Å². The maximum absolute atomic E-state index is 6.25. The third-order valence-electron chi connectivity index (χ3n) is 10.2. The molecular weight excluding hydrogens is 629 g/mol. The lowest BCUT2D eigenvalue weighted by Crippen LogP contribution is -2.10. The Morgan fingerprint density at radius 2 is 1.18 bits per heavy atom. The minimum Gasteiger partial charge on any atom is -0.456 e. The van der Waals surface area contributed by atoms with E-state index in [4.69, 9.17) is 4.42 Å². The van der Waals surface area contributed by atoms with Crippen molar-refractivity contribution in [3.63, 3.8) is 0 Å². The number of anilines is 3. The lowest BCUT2D eigenvalue weighted by molar-refractivity contribution is 0.669. The largest absolute Gasteiger partial charge is 0.456 e. The molecule has 11 rings (SSSR count). The summed E-state index contributed by atoms with van der Waals surface area (Å²) in [5.74, 6) is 0. The third-order valence-corrected chi connectivity index (χ3v) is 11.4. The SMILES string of the molecule is c1ccc(-n2c3ccccc3c3cc(N(c4ccc5c(ccc6oc7ccccc7c65)c4)c4cccc5c4sc4ccccc45)ccc32)cc1. The summed E-state index contributed by atoms with van der Waals surface area (Å²) in [6.45, 7) is 0. The highest BCUT2D eigenvalue weighted by Gasteiger charge is 2.21. The molecule has 0 aliphatic carbocycles. The van der Waals surface area contributed by atoms with Crippen LogP contribution in [0.25, 0.3) is 80.4 Å². The zero-order chi connectivity index (χ0) is 32.8. The van der Waals surface area contributed by atoms with Gasteiger partial charge in [0.1, 0.15) is 11.2 Å². The fraction of sp³-hybridized carbons (Fsp3) is 0. The number of nitrogens with zero attached hydrogens (tertiary/aromatic N) is 2. The van der Waals surface area contributed by atoms with Crippen LogP contribution in [0, 0.1) is 0 Å². The molecule has 0 fully saturated rings. The zero-order valence-electron chi connectivity index (χ0n) is 26.9. The summed E-state index contributed by atoms with van der Waals surface area (Å²) in [5, 5.41) is 9.72. The van der Waals surface area contributed by atoms with Crippen molar-refractivity contribution >= 4 is 103 Å². The molecule has 0 amide bonds. The van der Waals surface area contributed by atoms with Gasteiger partial charge in [-0.25, -0.2) is 0 Å². The van der Waals surface area contributed by atoms with Gasteiger partial charge >= 0.3 is 0 Å². The number of fused-ring (bicyclic) bond motifs is 11. The van der Waals surface area contributed by atoms with Gasteiger partial charge in [0.05, 0.1) is 21.4 Å². The highest BCUT2D eigenvalue weighted by atomic mass is 32.1.